The first-order valence-electron chi connectivity index (χ1n) is 5.22. The van der Waals surface area contributed by atoms with Gasteiger partial charge in [0.25, 0.3) is 5.56 Å². The maximum atomic E-state index is 11.8. The Morgan fingerprint density at radius 3 is 2.76 bits per heavy atom. The highest BCUT2D eigenvalue weighted by Crippen LogP contribution is 2.24. The molecule has 2 rings (SSSR count). The Kier molecular flexibility index (Phi) is 2.71. The van der Waals surface area contributed by atoms with Gasteiger partial charge in [-0.25, -0.2) is 0 Å². The van der Waals surface area contributed by atoms with Crippen LogP contribution in [-0.2, 0) is 16.6 Å². The first-order chi connectivity index (χ1) is 7.99. The van der Waals surface area contributed by atoms with Crippen LogP contribution in [0, 0.1) is 0 Å². The Bertz CT molecular complexity index is 547. The molecule has 0 saturated carbocycles. The van der Waals surface area contributed by atoms with Crippen molar-refractivity contribution in [2.45, 2.75) is 18.8 Å². The molecule has 1 aliphatic heterocycles. The number of carbonyl (C=O) groups excluding carboxylic acids is 2. The fraction of sp³-hybridized carbons (Fsp3) is 0.364. The van der Waals surface area contributed by atoms with Crippen molar-refractivity contribution in [3.05, 3.63) is 28.2 Å². The molecule has 0 radical (unpaired) electrons. The predicted octanol–water partition coefficient (Wildman–Crippen LogP) is -0.389. The second-order valence-corrected chi connectivity index (χ2v) is 4.07. The first-order valence-corrected chi connectivity index (χ1v) is 5.22. The van der Waals surface area contributed by atoms with Gasteiger partial charge in [-0.15, -0.1) is 0 Å². The van der Waals surface area contributed by atoms with Crippen LogP contribution in [-0.4, -0.2) is 21.5 Å². The number of imide groups is 1. The smallest absolute Gasteiger partial charge is 0.254 e. The van der Waals surface area contributed by atoms with Crippen LogP contribution in [0.1, 0.15) is 24.3 Å². The fourth-order valence-electron chi connectivity index (χ4n) is 1.96. The van der Waals surface area contributed by atoms with E-state index in [1.807, 2.05) is 0 Å². The molecule has 1 saturated heterocycles. The van der Waals surface area contributed by atoms with Crippen molar-refractivity contribution in [3.8, 4) is 5.75 Å². The van der Waals surface area contributed by atoms with Crippen LogP contribution >= 0.6 is 0 Å². The molecule has 0 aliphatic carbocycles. The van der Waals surface area contributed by atoms with Gasteiger partial charge in [-0.3, -0.25) is 19.7 Å². The second kappa shape index (κ2) is 4.04. The number of amides is 2. The van der Waals surface area contributed by atoms with Crippen LogP contribution in [0.2, 0.25) is 0 Å². The number of hydrogen-bond donors (Lipinski definition) is 2. The predicted molar refractivity (Wildman–Crippen MR) is 58.5 cm³/mol. The summed E-state index contributed by atoms with van der Waals surface area (Å²) in [7, 11) is 1.50. The van der Waals surface area contributed by atoms with E-state index < -0.39 is 11.8 Å². The quantitative estimate of drug-likeness (QED) is 0.650. The van der Waals surface area contributed by atoms with Gasteiger partial charge in [0.1, 0.15) is 5.75 Å². The van der Waals surface area contributed by atoms with Crippen LogP contribution in [0.4, 0.5) is 0 Å². The average Bonchev–Trinajstić information content (AvgIpc) is 2.24. The Balaban J connectivity index is 2.44. The summed E-state index contributed by atoms with van der Waals surface area (Å²) in [6.45, 7) is 0. The minimum atomic E-state index is -0.668. The summed E-state index contributed by atoms with van der Waals surface area (Å²) in [5.74, 6) is -1.56. The van der Waals surface area contributed by atoms with Crippen molar-refractivity contribution >= 4 is 11.8 Å². The average molecular weight is 236 g/mol. The summed E-state index contributed by atoms with van der Waals surface area (Å²) < 4.78 is 1.22. The van der Waals surface area contributed by atoms with Crippen LogP contribution in [0.25, 0.3) is 0 Å². The second-order valence-electron chi connectivity index (χ2n) is 4.07. The molecule has 2 N–H and O–H groups in total. The summed E-state index contributed by atoms with van der Waals surface area (Å²) in [4.78, 5) is 34.5. The molecule has 0 aromatic carbocycles. The van der Waals surface area contributed by atoms with Gasteiger partial charge in [-0.05, 0) is 12.5 Å². The molecule has 2 amide bonds. The van der Waals surface area contributed by atoms with Crippen LogP contribution < -0.4 is 10.9 Å². The van der Waals surface area contributed by atoms with Gasteiger partial charge in [-0.2, -0.15) is 0 Å². The van der Waals surface area contributed by atoms with Crippen molar-refractivity contribution in [2.75, 3.05) is 0 Å². The normalized spacial score (nSPS) is 20.2. The van der Waals surface area contributed by atoms with Gasteiger partial charge in [0, 0.05) is 25.2 Å². The third kappa shape index (κ3) is 2.06. The lowest BCUT2D eigenvalue weighted by Crippen LogP contribution is -2.41. The van der Waals surface area contributed by atoms with E-state index in [0.29, 0.717) is 6.42 Å². The number of nitrogens with zero attached hydrogens (tertiary/aromatic N) is 1. The molecule has 1 fully saturated rings. The molecule has 1 aromatic rings. The fourth-order valence-corrected chi connectivity index (χ4v) is 1.96. The van der Waals surface area contributed by atoms with E-state index in [0.717, 1.165) is 0 Å². The molecular formula is C11H12N2O4. The number of carbonyl (C=O) groups is 2. The van der Waals surface area contributed by atoms with E-state index in [1.165, 1.54) is 23.9 Å². The zero-order valence-corrected chi connectivity index (χ0v) is 9.27. The van der Waals surface area contributed by atoms with Crippen molar-refractivity contribution in [1.29, 1.82) is 0 Å². The minimum absolute atomic E-state index is 0.0770. The summed E-state index contributed by atoms with van der Waals surface area (Å²) in [5, 5.41) is 11.6. The summed E-state index contributed by atoms with van der Waals surface area (Å²) in [6, 6.07) is 1.28. The van der Waals surface area contributed by atoms with Gasteiger partial charge < -0.3 is 9.67 Å². The highest BCUT2D eigenvalue weighted by Gasteiger charge is 2.30. The standard InChI is InChI=1S/C11H12N2O4/c1-13-5-6(14)4-8(11(13)17)7-2-3-9(15)12-10(7)16/h4-5,7,14H,2-3H2,1H3,(H,12,15,16). The van der Waals surface area contributed by atoms with Crippen molar-refractivity contribution in [2.24, 2.45) is 7.05 Å². The van der Waals surface area contributed by atoms with E-state index >= 15 is 0 Å². The summed E-state index contributed by atoms with van der Waals surface area (Å²) in [5.41, 5.74) is -0.116. The van der Waals surface area contributed by atoms with Crippen LogP contribution in [0.3, 0.4) is 0 Å². The maximum Gasteiger partial charge on any atom is 0.254 e. The van der Waals surface area contributed by atoms with Crippen molar-refractivity contribution < 1.29 is 14.7 Å². The number of hydrogen-bond acceptors (Lipinski definition) is 4. The largest absolute Gasteiger partial charge is 0.506 e. The Labute approximate surface area is 96.9 Å². The third-order valence-electron chi connectivity index (χ3n) is 2.81. The number of aryl methyl sites for hydroxylation is 1. The first kappa shape index (κ1) is 11.4. The molecule has 17 heavy (non-hydrogen) atoms. The Hall–Kier alpha value is -2.11. The third-order valence-corrected chi connectivity index (χ3v) is 2.81. The lowest BCUT2D eigenvalue weighted by Gasteiger charge is -2.20. The number of aromatic hydroxyl groups is 1. The zero-order valence-electron chi connectivity index (χ0n) is 9.27. The van der Waals surface area contributed by atoms with Gasteiger partial charge >= 0.3 is 0 Å². The van der Waals surface area contributed by atoms with Gasteiger partial charge in [0.05, 0.1) is 5.92 Å². The maximum absolute atomic E-state index is 11.8. The van der Waals surface area contributed by atoms with Crippen LogP contribution in [0.5, 0.6) is 5.75 Å². The van der Waals surface area contributed by atoms with Crippen molar-refractivity contribution in [1.82, 2.24) is 9.88 Å². The number of aromatic nitrogens is 1. The molecule has 6 heteroatoms. The minimum Gasteiger partial charge on any atom is -0.506 e. The molecule has 90 valence electrons. The van der Waals surface area contributed by atoms with E-state index in [4.69, 9.17) is 0 Å². The molecule has 1 unspecified atom stereocenters. The van der Waals surface area contributed by atoms with Crippen LogP contribution in [0.15, 0.2) is 17.1 Å². The molecule has 1 atom stereocenters. The zero-order chi connectivity index (χ0) is 12.6. The Morgan fingerprint density at radius 1 is 1.41 bits per heavy atom. The monoisotopic (exact) mass is 236 g/mol. The van der Waals surface area contributed by atoms with Gasteiger partial charge in [0.2, 0.25) is 11.8 Å². The summed E-state index contributed by atoms with van der Waals surface area (Å²) in [6.07, 6.45) is 1.77. The molecular weight excluding hydrogens is 224 g/mol. The number of rotatable bonds is 1. The summed E-state index contributed by atoms with van der Waals surface area (Å²) >= 11 is 0. The van der Waals surface area contributed by atoms with E-state index in [9.17, 15) is 19.5 Å². The highest BCUT2D eigenvalue weighted by atomic mass is 16.3. The molecule has 0 spiro atoms. The molecule has 0 bridgehead atoms. The lowest BCUT2D eigenvalue weighted by atomic mass is 9.91. The molecule has 2 heterocycles. The van der Waals surface area contributed by atoms with E-state index in [1.54, 1.807) is 0 Å². The lowest BCUT2D eigenvalue weighted by molar-refractivity contribution is -0.134. The van der Waals surface area contributed by atoms with Gasteiger partial charge in [0.15, 0.2) is 0 Å². The SMILES string of the molecule is Cn1cc(O)cc(C2CCC(=O)NC2=O)c1=O. The Morgan fingerprint density at radius 2 is 2.12 bits per heavy atom. The van der Waals surface area contributed by atoms with Crippen molar-refractivity contribution in [3.63, 3.8) is 0 Å². The number of nitrogens with one attached hydrogen (secondary N) is 1. The molecule has 6 nitrogen and oxygen atoms in total. The highest BCUT2D eigenvalue weighted by molar-refractivity contribution is 6.00. The topological polar surface area (TPSA) is 88.4 Å². The molecule has 1 aromatic heterocycles. The van der Waals surface area contributed by atoms with E-state index in [2.05, 4.69) is 5.32 Å². The number of pyridine rings is 1. The molecule has 1 aliphatic rings. The van der Waals surface area contributed by atoms with E-state index in [-0.39, 0.29) is 29.2 Å². The number of piperidine rings is 1. The van der Waals surface area contributed by atoms with Gasteiger partial charge in [-0.1, -0.05) is 0 Å².